The van der Waals surface area contributed by atoms with Crippen molar-refractivity contribution < 1.29 is 23.1 Å². The molecule has 1 atom stereocenters. The van der Waals surface area contributed by atoms with Crippen molar-refractivity contribution in [1.82, 2.24) is 5.32 Å². The minimum Gasteiger partial charge on any atom is -0.480 e. The highest BCUT2D eigenvalue weighted by Gasteiger charge is 2.51. The van der Waals surface area contributed by atoms with Gasteiger partial charge in [0.15, 0.2) is 0 Å². The van der Waals surface area contributed by atoms with Crippen LogP contribution < -0.4 is 10.0 Å². The second-order valence-electron chi connectivity index (χ2n) is 5.94. The third-order valence-corrected chi connectivity index (χ3v) is 4.70. The van der Waals surface area contributed by atoms with Gasteiger partial charge in [-0.05, 0) is 37.5 Å². The molecule has 1 amide bonds. The van der Waals surface area contributed by atoms with Crippen LogP contribution in [0.1, 0.15) is 37.8 Å². The zero-order valence-electron chi connectivity index (χ0n) is 13.0. The van der Waals surface area contributed by atoms with E-state index in [0.717, 1.165) is 12.7 Å². The van der Waals surface area contributed by atoms with E-state index in [-0.39, 0.29) is 0 Å². The number of hydrogen-bond acceptors (Lipinski definition) is 4. The van der Waals surface area contributed by atoms with Gasteiger partial charge in [-0.25, -0.2) is 8.42 Å². The molecule has 8 heteroatoms. The highest BCUT2D eigenvalue weighted by molar-refractivity contribution is 7.92. The SMILES string of the molecule is CC(NC(=O)C1(C(=O)O)CCC1)c1cccc(NS(C)(=O)=O)c1. The van der Waals surface area contributed by atoms with Crippen molar-refractivity contribution in [2.45, 2.75) is 32.2 Å². The maximum Gasteiger partial charge on any atom is 0.319 e. The average molecular weight is 340 g/mol. The van der Waals surface area contributed by atoms with E-state index in [9.17, 15) is 23.1 Å². The third kappa shape index (κ3) is 3.82. The first-order valence-corrected chi connectivity index (χ1v) is 9.15. The fraction of sp³-hybridized carbons (Fsp3) is 0.467. The van der Waals surface area contributed by atoms with Crippen LogP contribution in [0.15, 0.2) is 24.3 Å². The fourth-order valence-corrected chi connectivity index (χ4v) is 3.13. The van der Waals surface area contributed by atoms with Crippen molar-refractivity contribution in [3.05, 3.63) is 29.8 Å². The number of sulfonamides is 1. The van der Waals surface area contributed by atoms with Gasteiger partial charge in [0.2, 0.25) is 15.9 Å². The van der Waals surface area contributed by atoms with Crippen molar-refractivity contribution in [2.24, 2.45) is 5.41 Å². The van der Waals surface area contributed by atoms with Crippen LogP contribution in [0.3, 0.4) is 0 Å². The van der Waals surface area contributed by atoms with Crippen LogP contribution in [0, 0.1) is 5.41 Å². The molecule has 23 heavy (non-hydrogen) atoms. The monoisotopic (exact) mass is 340 g/mol. The summed E-state index contributed by atoms with van der Waals surface area (Å²) < 4.78 is 24.9. The fourth-order valence-electron chi connectivity index (χ4n) is 2.57. The minimum atomic E-state index is -3.39. The van der Waals surface area contributed by atoms with Gasteiger partial charge in [-0.15, -0.1) is 0 Å². The summed E-state index contributed by atoms with van der Waals surface area (Å²) >= 11 is 0. The Labute approximate surface area is 135 Å². The largest absolute Gasteiger partial charge is 0.480 e. The number of rotatable bonds is 6. The van der Waals surface area contributed by atoms with Gasteiger partial charge >= 0.3 is 5.97 Å². The van der Waals surface area contributed by atoms with E-state index >= 15 is 0 Å². The highest BCUT2D eigenvalue weighted by Crippen LogP contribution is 2.41. The minimum absolute atomic E-state index is 0.344. The number of carbonyl (C=O) groups is 2. The lowest BCUT2D eigenvalue weighted by Crippen LogP contribution is -2.51. The first-order chi connectivity index (χ1) is 10.6. The summed E-state index contributed by atoms with van der Waals surface area (Å²) in [5.41, 5.74) is -0.244. The Balaban J connectivity index is 2.12. The number of carboxylic acid groups (broad SMARTS) is 1. The average Bonchev–Trinajstić information content (AvgIpc) is 2.34. The zero-order valence-corrected chi connectivity index (χ0v) is 13.8. The van der Waals surface area contributed by atoms with Gasteiger partial charge in [-0.2, -0.15) is 0 Å². The lowest BCUT2D eigenvalue weighted by molar-refractivity contribution is -0.162. The maximum atomic E-state index is 12.3. The number of carboxylic acids is 1. The molecule has 1 fully saturated rings. The second-order valence-corrected chi connectivity index (χ2v) is 7.68. The van der Waals surface area contributed by atoms with Gasteiger partial charge < -0.3 is 10.4 Å². The molecule has 1 aromatic carbocycles. The summed E-state index contributed by atoms with van der Waals surface area (Å²) in [6.07, 6.45) is 2.47. The Morgan fingerprint density at radius 3 is 2.43 bits per heavy atom. The summed E-state index contributed by atoms with van der Waals surface area (Å²) in [5, 5.41) is 12.0. The molecule has 1 aromatic rings. The Morgan fingerprint density at radius 1 is 1.30 bits per heavy atom. The molecule has 0 bridgehead atoms. The molecule has 3 N–H and O–H groups in total. The zero-order chi connectivity index (χ0) is 17.3. The van der Waals surface area contributed by atoms with Crippen molar-refractivity contribution in [3.63, 3.8) is 0 Å². The van der Waals surface area contributed by atoms with Gasteiger partial charge in [-0.3, -0.25) is 14.3 Å². The molecule has 1 saturated carbocycles. The maximum absolute atomic E-state index is 12.3. The molecular formula is C15H20N2O5S. The summed E-state index contributed by atoms with van der Waals surface area (Å²) in [6, 6.07) is 6.19. The molecule has 1 aliphatic carbocycles. The number of benzene rings is 1. The van der Waals surface area contributed by atoms with E-state index in [1.54, 1.807) is 31.2 Å². The molecule has 0 radical (unpaired) electrons. The molecule has 7 nitrogen and oxygen atoms in total. The topological polar surface area (TPSA) is 113 Å². The van der Waals surface area contributed by atoms with E-state index < -0.39 is 33.4 Å². The first-order valence-electron chi connectivity index (χ1n) is 7.26. The molecule has 1 unspecified atom stereocenters. The van der Waals surface area contributed by atoms with Crippen molar-refractivity contribution in [1.29, 1.82) is 0 Å². The number of nitrogens with one attached hydrogen (secondary N) is 2. The van der Waals surface area contributed by atoms with Crippen molar-refractivity contribution >= 4 is 27.6 Å². The Bertz CT molecular complexity index is 725. The lowest BCUT2D eigenvalue weighted by atomic mass is 9.68. The van der Waals surface area contributed by atoms with E-state index in [1.165, 1.54) is 0 Å². The molecule has 2 rings (SSSR count). The Kier molecular flexibility index (Phi) is 4.65. The van der Waals surface area contributed by atoms with Gasteiger partial charge in [0.05, 0.1) is 12.3 Å². The van der Waals surface area contributed by atoms with E-state index in [4.69, 9.17) is 0 Å². The number of carbonyl (C=O) groups excluding carboxylic acids is 1. The number of hydrogen-bond donors (Lipinski definition) is 3. The highest BCUT2D eigenvalue weighted by atomic mass is 32.2. The smallest absolute Gasteiger partial charge is 0.319 e. The molecule has 0 heterocycles. The van der Waals surface area contributed by atoms with Crippen LogP contribution in [0.4, 0.5) is 5.69 Å². The second kappa shape index (κ2) is 6.19. The van der Waals surface area contributed by atoms with Crippen LogP contribution in [0.5, 0.6) is 0 Å². The van der Waals surface area contributed by atoms with Crippen LogP contribution in [-0.2, 0) is 19.6 Å². The Hall–Kier alpha value is -2.09. The molecular weight excluding hydrogens is 320 g/mol. The first kappa shape index (κ1) is 17.3. The summed E-state index contributed by atoms with van der Waals surface area (Å²) in [7, 11) is -3.39. The number of aliphatic carboxylic acids is 1. The van der Waals surface area contributed by atoms with E-state index in [0.29, 0.717) is 24.1 Å². The summed E-state index contributed by atoms with van der Waals surface area (Å²) in [6.45, 7) is 1.73. The van der Waals surface area contributed by atoms with Crippen LogP contribution in [0.25, 0.3) is 0 Å². The predicted octanol–water partition coefficient (Wildman–Crippen LogP) is 1.49. The molecule has 0 saturated heterocycles. The van der Waals surface area contributed by atoms with Crippen molar-refractivity contribution in [3.8, 4) is 0 Å². The summed E-state index contributed by atoms with van der Waals surface area (Å²) in [5.74, 6) is -1.59. The third-order valence-electron chi connectivity index (χ3n) is 4.09. The van der Waals surface area contributed by atoms with E-state index in [2.05, 4.69) is 10.0 Å². The van der Waals surface area contributed by atoms with Gasteiger partial charge in [0.1, 0.15) is 5.41 Å². The van der Waals surface area contributed by atoms with Gasteiger partial charge in [0.25, 0.3) is 0 Å². The van der Waals surface area contributed by atoms with Crippen LogP contribution >= 0.6 is 0 Å². The summed E-state index contributed by atoms with van der Waals surface area (Å²) in [4.78, 5) is 23.6. The van der Waals surface area contributed by atoms with Crippen LogP contribution in [-0.4, -0.2) is 31.7 Å². The number of anilines is 1. The quantitative estimate of drug-likeness (QED) is 0.679. The lowest BCUT2D eigenvalue weighted by Gasteiger charge is -2.36. The predicted molar refractivity (Wildman–Crippen MR) is 85.4 cm³/mol. The normalized spacial score (nSPS) is 17.7. The molecule has 126 valence electrons. The van der Waals surface area contributed by atoms with E-state index in [1.807, 2.05) is 0 Å². The molecule has 0 aromatic heterocycles. The molecule has 1 aliphatic rings. The molecule has 0 aliphatic heterocycles. The molecule has 0 spiro atoms. The standard InChI is InChI=1S/C15H20N2O5S/c1-10(16-13(18)15(14(19)20)7-4-8-15)11-5-3-6-12(9-11)17-23(2,21)22/h3,5-6,9-10,17H,4,7-8H2,1-2H3,(H,16,18)(H,19,20). The van der Waals surface area contributed by atoms with Gasteiger partial charge in [-0.1, -0.05) is 18.6 Å². The van der Waals surface area contributed by atoms with Crippen LogP contribution in [0.2, 0.25) is 0 Å². The number of amides is 1. The van der Waals surface area contributed by atoms with Crippen molar-refractivity contribution in [2.75, 3.05) is 11.0 Å². The Morgan fingerprint density at radius 2 is 1.96 bits per heavy atom. The van der Waals surface area contributed by atoms with Gasteiger partial charge in [0, 0.05) is 5.69 Å².